The molecule has 0 aliphatic carbocycles. The molecule has 0 aliphatic rings. The first-order valence-corrected chi connectivity index (χ1v) is 6.53. The van der Waals surface area contributed by atoms with Crippen molar-refractivity contribution in [1.82, 2.24) is 0 Å². The van der Waals surface area contributed by atoms with E-state index in [1.54, 1.807) is 0 Å². The molecule has 0 heterocycles. The number of rotatable bonds is 0. The van der Waals surface area contributed by atoms with E-state index in [9.17, 15) is 2.63 Å². The summed E-state index contributed by atoms with van der Waals surface area (Å²) in [5, 5.41) is 0. The molecule has 0 rings (SSSR count). The van der Waals surface area contributed by atoms with E-state index >= 15 is 0 Å². The Hall–Kier alpha value is 0.626. The second kappa shape index (κ2) is 5.41. The molecule has 0 aromatic heterocycles. The maximum absolute atomic E-state index is 10.2. The third-order valence-electron chi connectivity index (χ3n) is 0. The molecule has 0 radical (unpaired) electrons. The molecule has 3 N–H and O–H groups in total. The molecule has 0 aromatic carbocycles. The second-order valence-corrected chi connectivity index (χ2v) is 3.34. The Morgan fingerprint density at radius 3 is 1.33 bits per heavy atom. The normalized spacial score (nSPS) is 9.33. The van der Waals surface area contributed by atoms with Crippen LogP contribution in [0.15, 0.2) is 0 Å². The predicted octanol–water partition coefficient (Wildman–Crippen LogP) is -1.61. The van der Waals surface area contributed by atoms with Crippen molar-refractivity contribution in [2.24, 2.45) is 0 Å². The summed E-state index contributed by atoms with van der Waals surface area (Å²) in [6.07, 6.45) is 0. The van der Waals surface area contributed by atoms with E-state index in [4.69, 9.17) is 21.9 Å². The monoisotopic (exact) mass is 260 g/mol. The molecule has 6 nitrogen and oxygen atoms in total. The Morgan fingerprint density at radius 2 is 1.33 bits per heavy atom. The van der Waals surface area contributed by atoms with Gasteiger partial charge in [0.05, 0.1) is 0 Å². The SMILES string of the molecule is [O]=[Cr](=[O])([OH])[OH].[O]=[Zr]([OH])[F]. The van der Waals surface area contributed by atoms with E-state index in [0.29, 0.717) is 0 Å². The third-order valence-corrected chi connectivity index (χ3v) is 0. The van der Waals surface area contributed by atoms with Gasteiger partial charge in [0, 0.05) is 0 Å². The molecule has 0 fully saturated rings. The first-order valence-electron chi connectivity index (χ1n) is 1.32. The number of hydrogen-bond donors (Lipinski definition) is 3. The molecule has 0 bridgehead atoms. The fraction of sp³-hybridized carbons (Fsp3) is 0. The van der Waals surface area contributed by atoms with E-state index in [1.807, 2.05) is 0 Å². The Morgan fingerprint density at radius 1 is 1.33 bits per heavy atom. The van der Waals surface area contributed by atoms with E-state index < -0.39 is 36.4 Å². The van der Waals surface area contributed by atoms with Crippen LogP contribution >= 0.6 is 0 Å². The maximum atomic E-state index is 10.2. The van der Waals surface area contributed by atoms with Gasteiger partial charge in [-0.3, -0.25) is 0 Å². The van der Waals surface area contributed by atoms with Crippen LogP contribution < -0.4 is 0 Å². The van der Waals surface area contributed by atoms with Crippen LogP contribution in [0.2, 0.25) is 0 Å². The topological polar surface area (TPSA) is 112 Å². The summed E-state index contributed by atoms with van der Waals surface area (Å²) in [5.74, 6) is 0. The summed E-state index contributed by atoms with van der Waals surface area (Å²) in [6.45, 7) is 0. The average Bonchev–Trinajstić information content (AvgIpc) is 1.19. The van der Waals surface area contributed by atoms with Crippen LogP contribution in [0.3, 0.4) is 0 Å². The van der Waals surface area contributed by atoms with Gasteiger partial charge < -0.3 is 0 Å². The van der Waals surface area contributed by atoms with Crippen molar-refractivity contribution in [3.63, 3.8) is 0 Å². The van der Waals surface area contributed by atoms with Gasteiger partial charge in [0.15, 0.2) is 0 Å². The second-order valence-electron chi connectivity index (χ2n) is 0.701. The Labute approximate surface area is 60.9 Å². The minimum atomic E-state index is -5.25. The summed E-state index contributed by atoms with van der Waals surface area (Å²) in [4.78, 5) is 0. The zero-order chi connectivity index (χ0) is 8.08. The van der Waals surface area contributed by atoms with Crippen molar-refractivity contribution in [2.45, 2.75) is 0 Å². The summed E-state index contributed by atoms with van der Waals surface area (Å²) in [5.41, 5.74) is 0. The summed E-state index contributed by atoms with van der Waals surface area (Å²) < 4.78 is 57.7. The van der Waals surface area contributed by atoms with Gasteiger partial charge in [-0.1, -0.05) is 0 Å². The van der Waals surface area contributed by atoms with E-state index in [-0.39, 0.29) is 0 Å². The first-order chi connectivity index (χ1) is 3.73. The molecule has 0 amide bonds. The molecule has 0 atom stereocenters. The number of halogens is 1. The van der Waals surface area contributed by atoms with Gasteiger partial charge >= 0.3 is 61.0 Å². The van der Waals surface area contributed by atoms with Crippen LogP contribution in [0.5, 0.6) is 0 Å². The Kier molecular flexibility index (Phi) is 7.41. The Bertz CT molecular complexity index is 155. The standard InChI is InChI=1S/Cr.FH.3H2O.3O.Zr/h;1H;3*1H2;;;;/q+2;;;;;;;;+2/p-4. The van der Waals surface area contributed by atoms with Crippen LogP contribution in [0.1, 0.15) is 0 Å². The fourth-order valence-corrected chi connectivity index (χ4v) is 0. The molecular weight excluding hydrogens is 258 g/mol. The molecule has 56 valence electrons. The van der Waals surface area contributed by atoms with Gasteiger partial charge in [-0.05, 0) is 0 Å². The zero-order valence-corrected chi connectivity index (χ0v) is 7.59. The zero-order valence-electron chi connectivity index (χ0n) is 3.85. The van der Waals surface area contributed by atoms with Crippen LogP contribution in [-0.2, 0) is 46.8 Å². The van der Waals surface area contributed by atoms with E-state index in [1.165, 1.54) is 0 Å². The molecule has 9 heavy (non-hydrogen) atoms. The van der Waals surface area contributed by atoms with Gasteiger partial charge in [-0.2, -0.15) is 0 Å². The van der Waals surface area contributed by atoms with Crippen LogP contribution in [0.4, 0.5) is 2.63 Å². The van der Waals surface area contributed by atoms with Crippen LogP contribution in [0.25, 0.3) is 0 Å². The van der Waals surface area contributed by atoms with Gasteiger partial charge in [0.2, 0.25) is 0 Å². The van der Waals surface area contributed by atoms with Crippen molar-refractivity contribution in [2.75, 3.05) is 0 Å². The van der Waals surface area contributed by atoms with E-state index in [2.05, 4.69) is 0 Å². The molecule has 0 unspecified atom stereocenters. The molecule has 0 saturated carbocycles. The van der Waals surface area contributed by atoms with Crippen LogP contribution in [-0.4, -0.2) is 11.5 Å². The molecule has 0 saturated heterocycles. The summed E-state index contributed by atoms with van der Waals surface area (Å²) in [7, 11) is 0. The van der Waals surface area contributed by atoms with Crippen molar-refractivity contribution < 1.29 is 61.0 Å². The first kappa shape index (κ1) is 12.3. The average molecular weight is 261 g/mol. The van der Waals surface area contributed by atoms with Gasteiger partial charge in [-0.25, -0.2) is 0 Å². The van der Waals surface area contributed by atoms with Gasteiger partial charge in [-0.15, -0.1) is 0 Å². The summed E-state index contributed by atoms with van der Waals surface area (Å²) >= 11 is -9.54. The minimum absolute atomic E-state index is 4.29. The van der Waals surface area contributed by atoms with Gasteiger partial charge in [0.1, 0.15) is 0 Å². The van der Waals surface area contributed by atoms with Crippen molar-refractivity contribution in [3.05, 3.63) is 0 Å². The molecule has 0 aromatic rings. The fourth-order valence-electron chi connectivity index (χ4n) is 0. The van der Waals surface area contributed by atoms with E-state index in [0.717, 1.165) is 0 Å². The van der Waals surface area contributed by atoms with Crippen molar-refractivity contribution in [1.29, 1.82) is 0 Å². The Balaban J connectivity index is 0. The predicted molar refractivity (Wildman–Crippen MR) is 9.82 cm³/mol. The van der Waals surface area contributed by atoms with Crippen molar-refractivity contribution >= 4 is 0 Å². The third kappa shape index (κ3) is 968. The molecule has 0 aliphatic heterocycles. The van der Waals surface area contributed by atoms with Crippen molar-refractivity contribution in [3.8, 4) is 0 Å². The van der Waals surface area contributed by atoms with Crippen LogP contribution in [0, 0.1) is 0 Å². The molecule has 9 heteroatoms. The molecular formula is H3CrFO6Zr. The molecule has 0 spiro atoms. The summed E-state index contributed by atoms with van der Waals surface area (Å²) in [6, 6.07) is 0. The van der Waals surface area contributed by atoms with Gasteiger partial charge in [0.25, 0.3) is 0 Å². The number of hydrogen-bond acceptors (Lipinski definition) is 3. The quantitative estimate of drug-likeness (QED) is 0.483.